The Labute approximate surface area is 138 Å². The van der Waals surface area contributed by atoms with Crippen LogP contribution >= 0.6 is 0 Å². The van der Waals surface area contributed by atoms with E-state index in [-0.39, 0.29) is 6.61 Å². The largest absolute Gasteiger partial charge is 0.454 e. The molecular formula is C16H22N4O4. The van der Waals surface area contributed by atoms with E-state index in [1.165, 1.54) is 10.6 Å². The highest BCUT2D eigenvalue weighted by Gasteiger charge is 2.18. The summed E-state index contributed by atoms with van der Waals surface area (Å²) in [5.41, 5.74) is -0.302. The van der Waals surface area contributed by atoms with Gasteiger partial charge in [0.1, 0.15) is 12.4 Å². The quantitative estimate of drug-likeness (QED) is 0.608. The van der Waals surface area contributed by atoms with Crippen molar-refractivity contribution in [2.24, 2.45) is 0 Å². The Balaban J connectivity index is 2.53. The highest BCUT2D eigenvalue weighted by molar-refractivity contribution is 5.81. The number of aryl methyl sites for hydroxylation is 2. The molecule has 0 amide bonds. The van der Waals surface area contributed by atoms with E-state index in [0.29, 0.717) is 30.1 Å². The summed E-state index contributed by atoms with van der Waals surface area (Å²) in [6.45, 7) is 6.48. The molecular weight excluding hydrogens is 312 g/mol. The number of nitrogens with zero attached hydrogens (tertiary/aromatic N) is 3. The molecule has 2 rings (SSSR count). The molecule has 1 N–H and O–H groups in total. The number of carbonyl (C=O) groups is 1. The zero-order valence-electron chi connectivity index (χ0n) is 14.2. The molecule has 0 aromatic carbocycles. The summed E-state index contributed by atoms with van der Waals surface area (Å²) in [5.74, 6) is -0.0452. The first-order valence-electron chi connectivity index (χ1n) is 8.05. The number of carbonyl (C=O) groups excluding carboxylic acids is 1. The molecule has 0 aliphatic carbocycles. The van der Waals surface area contributed by atoms with Crippen molar-refractivity contribution in [1.29, 1.82) is 0 Å². The van der Waals surface area contributed by atoms with E-state index in [1.54, 1.807) is 17.6 Å². The maximum Gasteiger partial charge on any atom is 0.330 e. The van der Waals surface area contributed by atoms with Gasteiger partial charge in [0, 0.05) is 19.2 Å². The number of unbranched alkanes of at least 4 members (excludes halogenated alkanes) is 1. The Hall–Kier alpha value is -2.64. The number of hydrogen-bond acceptors (Lipinski definition) is 5. The summed E-state index contributed by atoms with van der Waals surface area (Å²) >= 11 is 0. The van der Waals surface area contributed by atoms with Crippen LogP contribution in [0, 0.1) is 0 Å². The minimum absolute atomic E-state index is 0.0624. The van der Waals surface area contributed by atoms with Crippen molar-refractivity contribution >= 4 is 17.1 Å². The molecule has 24 heavy (non-hydrogen) atoms. The van der Waals surface area contributed by atoms with Gasteiger partial charge in [-0.1, -0.05) is 19.4 Å². The first-order chi connectivity index (χ1) is 11.5. The van der Waals surface area contributed by atoms with Crippen LogP contribution in [0.25, 0.3) is 11.2 Å². The molecule has 0 fully saturated rings. The lowest BCUT2D eigenvalue weighted by Crippen LogP contribution is -2.31. The number of H-pyrrole nitrogens is 1. The SMILES string of the molecule is CC=CC(=O)OCc1nc2c(c(=O)[nH]c(=O)n2CCCC)n1CC. The van der Waals surface area contributed by atoms with Crippen molar-refractivity contribution in [1.82, 2.24) is 19.1 Å². The van der Waals surface area contributed by atoms with Crippen molar-refractivity contribution in [2.75, 3.05) is 0 Å². The maximum atomic E-state index is 12.2. The number of allylic oxidation sites excluding steroid dienone is 1. The van der Waals surface area contributed by atoms with Crippen LogP contribution in [-0.4, -0.2) is 25.1 Å². The van der Waals surface area contributed by atoms with Crippen molar-refractivity contribution in [3.05, 3.63) is 38.8 Å². The molecule has 0 aliphatic heterocycles. The molecule has 0 saturated carbocycles. The topological polar surface area (TPSA) is 99.0 Å². The lowest BCUT2D eigenvalue weighted by Gasteiger charge is -2.06. The molecule has 0 aliphatic rings. The van der Waals surface area contributed by atoms with Crippen LogP contribution in [0.5, 0.6) is 0 Å². The first kappa shape index (κ1) is 17.7. The molecule has 2 heterocycles. The van der Waals surface area contributed by atoms with Gasteiger partial charge >= 0.3 is 11.7 Å². The van der Waals surface area contributed by atoms with Crippen LogP contribution in [0.1, 0.15) is 39.4 Å². The van der Waals surface area contributed by atoms with Gasteiger partial charge in [-0.25, -0.2) is 14.6 Å². The molecule has 0 spiro atoms. The predicted molar refractivity (Wildman–Crippen MR) is 89.8 cm³/mol. The van der Waals surface area contributed by atoms with Crippen molar-refractivity contribution in [3.63, 3.8) is 0 Å². The zero-order valence-corrected chi connectivity index (χ0v) is 14.2. The Morgan fingerprint density at radius 1 is 1.29 bits per heavy atom. The number of fused-ring (bicyclic) bond motifs is 1. The van der Waals surface area contributed by atoms with Crippen molar-refractivity contribution < 1.29 is 9.53 Å². The van der Waals surface area contributed by atoms with Crippen LogP contribution in [0.4, 0.5) is 0 Å². The molecule has 2 aromatic heterocycles. The molecule has 0 radical (unpaired) electrons. The van der Waals surface area contributed by atoms with E-state index in [2.05, 4.69) is 9.97 Å². The second kappa shape index (κ2) is 7.76. The van der Waals surface area contributed by atoms with Gasteiger partial charge in [0.05, 0.1) is 0 Å². The van der Waals surface area contributed by atoms with Gasteiger partial charge in [0.25, 0.3) is 5.56 Å². The number of imidazole rings is 1. The summed E-state index contributed by atoms with van der Waals surface area (Å²) < 4.78 is 8.25. The number of hydrogen-bond donors (Lipinski definition) is 1. The van der Waals surface area contributed by atoms with E-state index < -0.39 is 17.2 Å². The number of esters is 1. The fourth-order valence-electron chi connectivity index (χ4n) is 2.51. The number of aromatic nitrogens is 4. The van der Waals surface area contributed by atoms with E-state index in [1.807, 2.05) is 13.8 Å². The highest BCUT2D eigenvalue weighted by atomic mass is 16.5. The molecule has 0 bridgehead atoms. The predicted octanol–water partition coefficient (Wildman–Crippen LogP) is 1.33. The van der Waals surface area contributed by atoms with Gasteiger partial charge in [-0.05, 0) is 20.3 Å². The van der Waals surface area contributed by atoms with E-state index in [4.69, 9.17) is 4.74 Å². The average molecular weight is 334 g/mol. The summed E-state index contributed by atoms with van der Waals surface area (Å²) in [5, 5.41) is 0. The lowest BCUT2D eigenvalue weighted by atomic mass is 10.3. The van der Waals surface area contributed by atoms with E-state index in [9.17, 15) is 14.4 Å². The van der Waals surface area contributed by atoms with Gasteiger partial charge < -0.3 is 9.30 Å². The van der Waals surface area contributed by atoms with Gasteiger partial charge in [-0.3, -0.25) is 14.3 Å². The van der Waals surface area contributed by atoms with Crippen LogP contribution in [-0.2, 0) is 29.2 Å². The molecule has 8 heteroatoms. The number of nitrogens with one attached hydrogen (secondary N) is 1. The van der Waals surface area contributed by atoms with Crippen LogP contribution in [0.3, 0.4) is 0 Å². The molecule has 0 saturated heterocycles. The van der Waals surface area contributed by atoms with Crippen LogP contribution < -0.4 is 11.2 Å². The van der Waals surface area contributed by atoms with Gasteiger partial charge in [0.15, 0.2) is 11.2 Å². The third-order valence-corrected chi connectivity index (χ3v) is 3.66. The third kappa shape index (κ3) is 3.47. The first-order valence-corrected chi connectivity index (χ1v) is 8.05. The van der Waals surface area contributed by atoms with Gasteiger partial charge in [0.2, 0.25) is 0 Å². The Kier molecular flexibility index (Phi) is 5.73. The monoisotopic (exact) mass is 334 g/mol. The van der Waals surface area contributed by atoms with Crippen LogP contribution in [0.2, 0.25) is 0 Å². The van der Waals surface area contributed by atoms with Crippen molar-refractivity contribution in [2.45, 2.75) is 53.3 Å². The second-order valence-corrected chi connectivity index (χ2v) is 5.32. The van der Waals surface area contributed by atoms with E-state index in [0.717, 1.165) is 12.8 Å². The molecule has 2 aromatic rings. The smallest absolute Gasteiger partial charge is 0.330 e. The Morgan fingerprint density at radius 2 is 2.04 bits per heavy atom. The minimum Gasteiger partial charge on any atom is -0.454 e. The van der Waals surface area contributed by atoms with Crippen LogP contribution in [0.15, 0.2) is 21.7 Å². The maximum absolute atomic E-state index is 12.2. The van der Waals surface area contributed by atoms with E-state index >= 15 is 0 Å². The summed E-state index contributed by atoms with van der Waals surface area (Å²) in [4.78, 5) is 42.5. The molecule has 8 nitrogen and oxygen atoms in total. The summed E-state index contributed by atoms with van der Waals surface area (Å²) in [6.07, 6.45) is 4.60. The normalized spacial score (nSPS) is 11.5. The van der Waals surface area contributed by atoms with Gasteiger partial charge in [-0.15, -0.1) is 0 Å². The molecule has 0 atom stereocenters. The standard InChI is InChI=1S/C16H22N4O4/c1-4-7-9-20-14-13(15(22)18-16(20)23)19(6-3)11(17-14)10-24-12(21)8-5-2/h5,8H,4,6-7,9-10H2,1-3H3,(H,18,22,23). The number of rotatable bonds is 7. The van der Waals surface area contributed by atoms with Crippen molar-refractivity contribution in [3.8, 4) is 0 Å². The highest BCUT2D eigenvalue weighted by Crippen LogP contribution is 2.13. The average Bonchev–Trinajstić information content (AvgIpc) is 2.92. The Bertz CT molecular complexity index is 873. The molecule has 130 valence electrons. The lowest BCUT2D eigenvalue weighted by molar-refractivity contribution is -0.139. The fraction of sp³-hybridized carbons (Fsp3) is 0.500. The second-order valence-electron chi connectivity index (χ2n) is 5.32. The minimum atomic E-state index is -0.483. The Morgan fingerprint density at radius 3 is 2.67 bits per heavy atom. The number of aromatic amines is 1. The third-order valence-electron chi connectivity index (χ3n) is 3.66. The fourth-order valence-corrected chi connectivity index (χ4v) is 2.51. The number of ether oxygens (including phenoxy) is 1. The summed E-state index contributed by atoms with van der Waals surface area (Å²) in [7, 11) is 0. The zero-order chi connectivity index (χ0) is 17.7. The van der Waals surface area contributed by atoms with Gasteiger partial charge in [-0.2, -0.15) is 0 Å². The summed E-state index contributed by atoms with van der Waals surface area (Å²) in [6, 6.07) is 0. The molecule has 0 unspecified atom stereocenters.